The molecule has 0 atom stereocenters. The highest BCUT2D eigenvalue weighted by molar-refractivity contribution is 5.77. The van der Waals surface area contributed by atoms with Crippen LogP contribution in [0.15, 0.2) is 23.3 Å². The molecule has 58 valence electrons. The second kappa shape index (κ2) is 2.65. The molecule has 0 spiro atoms. The van der Waals surface area contributed by atoms with Gasteiger partial charge in [0.1, 0.15) is 7.05 Å². The summed E-state index contributed by atoms with van der Waals surface area (Å²) in [4.78, 5) is 0. The molecule has 1 aliphatic carbocycles. The molecule has 0 radical (unpaired) electrons. The average Bonchev–Trinajstić information content (AvgIpc) is 2.31. The molecule has 0 N–H and O–H groups in total. The molecule has 2 rings (SSSR count). The van der Waals surface area contributed by atoms with E-state index < -0.39 is 0 Å². The first-order valence-electron chi connectivity index (χ1n) is 4.30. The first kappa shape index (κ1) is 6.84. The molecule has 1 heterocycles. The number of hydrogen-bond acceptors (Lipinski definition) is 0. The minimum Gasteiger partial charge on any atom is -0.235 e. The minimum absolute atomic E-state index is 1.06. The van der Waals surface area contributed by atoms with E-state index >= 15 is 0 Å². The second-order valence-corrected chi connectivity index (χ2v) is 3.38. The summed E-state index contributed by atoms with van der Waals surface area (Å²) in [6, 6.07) is 0. The zero-order valence-corrected chi connectivity index (χ0v) is 7.01. The zero-order valence-electron chi connectivity index (χ0n) is 7.01. The van der Waals surface area contributed by atoms with Crippen molar-refractivity contribution in [1.29, 1.82) is 0 Å². The van der Waals surface area contributed by atoms with Gasteiger partial charge in [-0.3, -0.25) is 0 Å². The highest BCUT2D eigenvalue weighted by Crippen LogP contribution is 2.26. The second-order valence-electron chi connectivity index (χ2n) is 3.38. The van der Waals surface area contributed by atoms with Gasteiger partial charge in [0.05, 0.1) is 0 Å². The Bertz CT molecular complexity index is 256. The van der Waals surface area contributed by atoms with Crippen LogP contribution in [0, 0.1) is 0 Å². The Hall–Kier alpha value is -0.850. The number of likely N-dealkylation sites (N-methyl/N-ethyl adjacent to an activating group) is 1. The van der Waals surface area contributed by atoms with Gasteiger partial charge in [0.25, 0.3) is 0 Å². The third-order valence-electron chi connectivity index (χ3n) is 2.39. The summed E-state index contributed by atoms with van der Waals surface area (Å²) in [5.41, 5.74) is 3.12. The minimum atomic E-state index is 1.06. The summed E-state index contributed by atoms with van der Waals surface area (Å²) < 4.78 is 2.25. The fourth-order valence-corrected chi connectivity index (χ4v) is 1.81. The van der Waals surface area contributed by atoms with Crippen LogP contribution in [0.25, 0.3) is 0 Å². The lowest BCUT2D eigenvalue weighted by Gasteiger charge is -1.90. The summed E-state index contributed by atoms with van der Waals surface area (Å²) in [6.07, 6.45) is 10.8. The molecule has 0 saturated carbocycles. The van der Waals surface area contributed by atoms with Crippen LogP contribution >= 0.6 is 0 Å². The van der Waals surface area contributed by atoms with Crippen molar-refractivity contribution in [1.82, 2.24) is 0 Å². The zero-order chi connectivity index (χ0) is 7.68. The Kier molecular flexibility index (Phi) is 1.65. The van der Waals surface area contributed by atoms with Crippen LogP contribution in [0.5, 0.6) is 0 Å². The molecular weight excluding hydrogens is 134 g/mol. The molecule has 0 aromatic heterocycles. The number of hydrogen-bond donors (Lipinski definition) is 0. The summed E-state index contributed by atoms with van der Waals surface area (Å²) in [5.74, 6) is 0. The van der Waals surface area contributed by atoms with Crippen molar-refractivity contribution >= 4 is 6.21 Å². The lowest BCUT2D eigenvalue weighted by atomic mass is 10.2. The van der Waals surface area contributed by atoms with Crippen molar-refractivity contribution in [3.8, 4) is 0 Å². The first-order chi connectivity index (χ1) is 5.36. The maximum absolute atomic E-state index is 2.29. The van der Waals surface area contributed by atoms with Gasteiger partial charge in [-0.25, -0.2) is 4.58 Å². The predicted octanol–water partition coefficient (Wildman–Crippen LogP) is 1.75. The van der Waals surface area contributed by atoms with Gasteiger partial charge in [0.15, 0.2) is 12.8 Å². The van der Waals surface area contributed by atoms with Gasteiger partial charge >= 0.3 is 0 Å². The molecule has 1 nitrogen and oxygen atoms in total. The smallest absolute Gasteiger partial charge is 0.166 e. The van der Waals surface area contributed by atoms with E-state index in [2.05, 4.69) is 30.0 Å². The van der Waals surface area contributed by atoms with Gasteiger partial charge < -0.3 is 0 Å². The van der Waals surface area contributed by atoms with Crippen molar-refractivity contribution in [3.05, 3.63) is 23.3 Å². The Morgan fingerprint density at radius 3 is 3.00 bits per heavy atom. The van der Waals surface area contributed by atoms with Gasteiger partial charge in [-0.05, 0) is 30.9 Å². The topological polar surface area (TPSA) is 3.01 Å². The Balaban J connectivity index is 2.36. The van der Waals surface area contributed by atoms with Gasteiger partial charge in [-0.1, -0.05) is 6.08 Å². The third-order valence-corrected chi connectivity index (χ3v) is 2.39. The monoisotopic (exact) mass is 148 g/mol. The molecular formula is C10H14N+. The number of allylic oxidation sites excluding steroid dienone is 3. The lowest BCUT2D eigenvalue weighted by Crippen LogP contribution is -2.06. The van der Waals surface area contributed by atoms with Crippen LogP contribution in [0.3, 0.4) is 0 Å². The van der Waals surface area contributed by atoms with Crippen molar-refractivity contribution in [2.45, 2.75) is 19.3 Å². The van der Waals surface area contributed by atoms with Crippen LogP contribution in [0.1, 0.15) is 19.3 Å². The maximum Gasteiger partial charge on any atom is 0.166 e. The first-order valence-corrected chi connectivity index (χ1v) is 4.30. The predicted molar refractivity (Wildman–Crippen MR) is 47.1 cm³/mol. The highest BCUT2D eigenvalue weighted by Gasteiger charge is 2.15. The van der Waals surface area contributed by atoms with Crippen molar-refractivity contribution in [2.24, 2.45) is 0 Å². The number of nitrogens with zero attached hydrogens (tertiary/aromatic N) is 1. The molecule has 0 unspecified atom stereocenters. The highest BCUT2D eigenvalue weighted by atomic mass is 14.9. The van der Waals surface area contributed by atoms with E-state index in [1.54, 1.807) is 11.1 Å². The van der Waals surface area contributed by atoms with Crippen LogP contribution in [-0.2, 0) is 0 Å². The van der Waals surface area contributed by atoms with E-state index in [9.17, 15) is 0 Å². The quantitative estimate of drug-likeness (QED) is 0.460. The largest absolute Gasteiger partial charge is 0.235 e. The van der Waals surface area contributed by atoms with Crippen molar-refractivity contribution < 1.29 is 4.58 Å². The van der Waals surface area contributed by atoms with Crippen molar-refractivity contribution in [2.75, 3.05) is 13.6 Å². The summed E-state index contributed by atoms with van der Waals surface area (Å²) in [7, 11) is 2.14. The van der Waals surface area contributed by atoms with E-state index in [0.29, 0.717) is 0 Å². The van der Waals surface area contributed by atoms with Crippen LogP contribution < -0.4 is 0 Å². The van der Waals surface area contributed by atoms with Crippen LogP contribution in [0.2, 0.25) is 0 Å². The van der Waals surface area contributed by atoms with Gasteiger partial charge in [0, 0.05) is 5.57 Å². The normalized spacial score (nSPS) is 23.2. The van der Waals surface area contributed by atoms with Crippen molar-refractivity contribution in [3.63, 3.8) is 0 Å². The van der Waals surface area contributed by atoms with Gasteiger partial charge in [0.2, 0.25) is 0 Å². The molecule has 0 amide bonds. The van der Waals surface area contributed by atoms with E-state index in [1.807, 2.05) is 0 Å². The average molecular weight is 148 g/mol. The molecule has 0 bridgehead atoms. The van der Waals surface area contributed by atoms with Crippen LogP contribution in [0.4, 0.5) is 0 Å². The molecule has 1 heteroatoms. The molecule has 0 aromatic rings. The maximum atomic E-state index is 2.29. The van der Waals surface area contributed by atoms with Gasteiger partial charge in [-0.15, -0.1) is 0 Å². The summed E-state index contributed by atoms with van der Waals surface area (Å²) >= 11 is 0. The number of rotatable bonds is 0. The van der Waals surface area contributed by atoms with E-state index in [1.165, 1.54) is 19.3 Å². The summed E-state index contributed by atoms with van der Waals surface area (Å²) in [6.45, 7) is 1.06. The standard InChI is InChI=1S/C10H14N/c1-11-7-3-6-9-4-2-5-10(9)8-11/h3,6,8H,2,4-5,7H2,1H3/q+1. The SMILES string of the molecule is C[N+]1=CC2=C(C=CC1)CCC2. The van der Waals surface area contributed by atoms with Gasteiger partial charge in [-0.2, -0.15) is 0 Å². The molecule has 2 aliphatic rings. The lowest BCUT2D eigenvalue weighted by molar-refractivity contribution is -0.480. The summed E-state index contributed by atoms with van der Waals surface area (Å²) in [5, 5.41) is 0. The Labute approximate surface area is 67.7 Å². The van der Waals surface area contributed by atoms with E-state index in [0.717, 1.165) is 6.54 Å². The molecule has 0 aromatic carbocycles. The van der Waals surface area contributed by atoms with E-state index in [-0.39, 0.29) is 0 Å². The third kappa shape index (κ3) is 1.28. The van der Waals surface area contributed by atoms with E-state index in [4.69, 9.17) is 0 Å². The molecule has 0 fully saturated rings. The van der Waals surface area contributed by atoms with Crippen LogP contribution in [-0.4, -0.2) is 24.4 Å². The Morgan fingerprint density at radius 2 is 2.09 bits per heavy atom. The molecule has 11 heavy (non-hydrogen) atoms. The molecule has 1 aliphatic heterocycles. The fourth-order valence-electron chi connectivity index (χ4n) is 1.81. The molecule has 0 saturated heterocycles. The fraction of sp³-hybridized carbons (Fsp3) is 0.500. The Morgan fingerprint density at radius 1 is 1.27 bits per heavy atom.